The zero-order valence-corrected chi connectivity index (χ0v) is 42.1. The predicted molar refractivity (Wildman–Crippen MR) is 259 cm³/mol. The summed E-state index contributed by atoms with van der Waals surface area (Å²) in [6, 6.07) is 45.7. The van der Waals surface area contributed by atoms with Gasteiger partial charge >= 0.3 is 126 Å². The first-order valence-corrected chi connectivity index (χ1v) is 29.0. The predicted octanol–water partition coefficient (Wildman–Crippen LogP) is 14.3. The topological polar surface area (TPSA) is 56.7 Å². The average molecular weight is 1050 g/mol. The first-order valence-electron chi connectivity index (χ1n) is 21.7. The summed E-state index contributed by atoms with van der Waals surface area (Å²) >= 11 is -1.86. The van der Waals surface area contributed by atoms with Gasteiger partial charge in [-0.1, -0.05) is 87.9 Å². The zero-order chi connectivity index (χ0) is 43.0. The molecular weight excluding hydrogens is 997 g/mol. The molecule has 4 aromatic heterocycles. The molecule has 9 rings (SSSR count). The van der Waals surface area contributed by atoms with E-state index >= 15 is 0 Å². The molecule has 0 amide bonds. The summed E-state index contributed by atoms with van der Waals surface area (Å²) in [4.78, 5) is 14.6. The number of imidazole rings is 1. The number of fused-ring (bicyclic) bond motifs is 4. The summed E-state index contributed by atoms with van der Waals surface area (Å²) in [5.41, 5.74) is 15.3. The summed E-state index contributed by atoms with van der Waals surface area (Å²) in [5, 5.41) is 2.07. The van der Waals surface area contributed by atoms with Crippen LogP contribution >= 0.6 is 0 Å². The molecule has 0 spiro atoms. The summed E-state index contributed by atoms with van der Waals surface area (Å²) in [5.74, 6) is 9.42. The van der Waals surface area contributed by atoms with Gasteiger partial charge in [0.05, 0.1) is 16.9 Å². The minimum Gasteiger partial charge on any atom is -0.483 e. The molecule has 0 fully saturated rings. The molecule has 1 radical (unpaired) electrons. The molecule has 0 atom stereocenters. The Labute approximate surface area is 383 Å². The monoisotopic (exact) mass is 1060 g/mol. The Morgan fingerprint density at radius 1 is 0.726 bits per heavy atom. The van der Waals surface area contributed by atoms with Crippen molar-refractivity contribution >= 4 is 50.8 Å². The van der Waals surface area contributed by atoms with Crippen LogP contribution in [0.2, 0.25) is 17.3 Å². The van der Waals surface area contributed by atoms with Crippen molar-refractivity contribution in [3.05, 3.63) is 162 Å². The molecule has 7 heteroatoms. The van der Waals surface area contributed by atoms with Crippen LogP contribution in [0.3, 0.4) is 0 Å². The van der Waals surface area contributed by atoms with Gasteiger partial charge in [0.25, 0.3) is 0 Å². The van der Waals surface area contributed by atoms with Crippen LogP contribution in [0.15, 0.2) is 132 Å². The normalized spacial score (nSPS) is 11.8. The summed E-state index contributed by atoms with van der Waals surface area (Å²) in [6.07, 6.45) is 6.56. The molecule has 0 saturated carbocycles. The third-order valence-corrected chi connectivity index (χ3v) is 15.8. The van der Waals surface area contributed by atoms with E-state index in [1.807, 2.05) is 36.4 Å². The fraction of sp³-hybridized carbons (Fsp3) is 0.255. The number of para-hydroxylation sites is 2. The van der Waals surface area contributed by atoms with Gasteiger partial charge in [0.15, 0.2) is 0 Å². The number of hydrogen-bond donors (Lipinski definition) is 0. The number of rotatable bonds is 9. The van der Waals surface area contributed by atoms with Gasteiger partial charge in [-0.15, -0.1) is 6.07 Å². The van der Waals surface area contributed by atoms with E-state index in [1.54, 1.807) is 4.40 Å². The van der Waals surface area contributed by atoms with E-state index < -0.39 is 13.3 Å². The number of pyridine rings is 2. The smallest absolute Gasteiger partial charge is 0.141 e. The summed E-state index contributed by atoms with van der Waals surface area (Å²) < 4.78 is 9.96. The van der Waals surface area contributed by atoms with Crippen molar-refractivity contribution in [2.45, 2.75) is 84.0 Å². The number of hydrogen-bond acceptors (Lipinski definition) is 4. The van der Waals surface area contributed by atoms with Gasteiger partial charge in [-0.2, -0.15) is 0 Å². The van der Waals surface area contributed by atoms with E-state index in [-0.39, 0.29) is 20.1 Å². The molecule has 0 bridgehead atoms. The van der Waals surface area contributed by atoms with E-state index in [9.17, 15) is 0 Å². The fourth-order valence-corrected chi connectivity index (χ4v) is 11.8. The Hall–Kier alpha value is -5.14. The Morgan fingerprint density at radius 2 is 1.42 bits per heavy atom. The SMILES string of the molecule is CC(C)Cc1cc(-c2[c-]cccc2)nc[c]1[Ge]([CH3])([CH3])[CH3].Cc1cccc2oc3n[c-]c(-c4nc5ccccc5n4-c4c(C(C)C)cc(-c5ccccc5)cc4C(C)C)cc3c12.[Ir]. The number of benzene rings is 5. The minimum absolute atomic E-state index is 0. The van der Waals surface area contributed by atoms with E-state index in [2.05, 4.69) is 179 Å². The van der Waals surface area contributed by atoms with Crippen molar-refractivity contribution in [3.63, 3.8) is 0 Å². The van der Waals surface area contributed by atoms with Crippen LogP contribution < -0.4 is 4.40 Å². The largest absolute Gasteiger partial charge is 0.483 e. The number of nitrogens with zero attached hydrogens (tertiary/aromatic N) is 4. The molecule has 317 valence electrons. The van der Waals surface area contributed by atoms with Crippen LogP contribution in [0.4, 0.5) is 0 Å². The maximum atomic E-state index is 6.08. The molecule has 0 aliphatic rings. The Kier molecular flexibility index (Phi) is 13.5. The van der Waals surface area contributed by atoms with E-state index in [0.29, 0.717) is 23.5 Å². The van der Waals surface area contributed by atoms with Crippen molar-refractivity contribution < 1.29 is 24.5 Å². The van der Waals surface area contributed by atoms with Crippen LogP contribution in [0.5, 0.6) is 0 Å². The summed E-state index contributed by atoms with van der Waals surface area (Å²) in [7, 11) is 0. The van der Waals surface area contributed by atoms with Gasteiger partial charge < -0.3 is 14.0 Å². The number of aromatic nitrogens is 4. The number of aryl methyl sites for hydroxylation is 1. The van der Waals surface area contributed by atoms with E-state index in [1.165, 1.54) is 33.5 Å². The molecular formula is C55H56GeIrN4O-2. The first-order chi connectivity index (χ1) is 29.3. The molecule has 5 aromatic carbocycles. The van der Waals surface area contributed by atoms with Gasteiger partial charge in [-0.05, 0) is 88.5 Å². The maximum absolute atomic E-state index is 6.08. The molecule has 0 aliphatic heterocycles. The Bertz CT molecular complexity index is 2950. The van der Waals surface area contributed by atoms with Crippen LogP contribution in [0.25, 0.3) is 72.6 Å². The first kappa shape index (κ1) is 44.9. The molecule has 9 aromatic rings. The standard InChI is InChI=1S/C37H32N3O.C18H24GeN.Ir/c1-22(2)28-18-26(25-13-7-6-8-14-25)19-29(23(3)4)35(28)40-32-16-10-9-15-31(32)39-36(40)27-20-30-34-24(5)12-11-17-33(34)41-37(30)38-21-27;1-14(2)11-16-12-18(15-9-7-6-8-10-15)20-13-17(16)19(3,4)5;/h6-20,22-23H,1-5H3;6-9,12-14H,11H2,1-5H3;/q2*-1;. The quantitative estimate of drug-likeness (QED) is 0.107. The van der Waals surface area contributed by atoms with E-state index in [4.69, 9.17) is 14.4 Å². The van der Waals surface area contributed by atoms with Crippen molar-refractivity contribution in [1.29, 1.82) is 0 Å². The molecule has 0 aliphatic carbocycles. The second-order valence-electron chi connectivity index (χ2n) is 18.3. The van der Waals surface area contributed by atoms with Crippen molar-refractivity contribution in [2.75, 3.05) is 0 Å². The van der Waals surface area contributed by atoms with Gasteiger partial charge in [0, 0.05) is 31.2 Å². The second-order valence-corrected chi connectivity index (χ2v) is 28.9. The Morgan fingerprint density at radius 3 is 2.08 bits per heavy atom. The second kappa shape index (κ2) is 18.7. The molecule has 0 unspecified atom stereocenters. The van der Waals surface area contributed by atoms with Gasteiger partial charge in [0.1, 0.15) is 11.3 Å². The van der Waals surface area contributed by atoms with Crippen molar-refractivity contribution in [3.8, 4) is 39.5 Å². The third-order valence-electron chi connectivity index (χ3n) is 11.5. The molecule has 62 heavy (non-hydrogen) atoms. The van der Waals surface area contributed by atoms with Crippen molar-refractivity contribution in [2.24, 2.45) is 5.92 Å². The minimum atomic E-state index is -1.86. The molecule has 0 saturated heterocycles. The molecule has 5 nitrogen and oxygen atoms in total. The van der Waals surface area contributed by atoms with Gasteiger partial charge in [-0.3, -0.25) is 4.98 Å². The maximum Gasteiger partial charge on any atom is 0.141 e. The van der Waals surface area contributed by atoms with Crippen LogP contribution in [0, 0.1) is 25.1 Å². The van der Waals surface area contributed by atoms with Crippen molar-refractivity contribution in [1.82, 2.24) is 19.5 Å². The summed E-state index contributed by atoms with van der Waals surface area (Å²) in [6.45, 7) is 15.8. The zero-order valence-electron chi connectivity index (χ0n) is 37.6. The fourth-order valence-electron chi connectivity index (χ4n) is 8.49. The molecule has 0 N–H and O–H groups in total. The van der Waals surface area contributed by atoms with Crippen LogP contribution in [-0.2, 0) is 26.5 Å². The molecule has 4 heterocycles. The number of furan rings is 1. The third kappa shape index (κ3) is 9.15. The van der Waals surface area contributed by atoms with Gasteiger partial charge in [0.2, 0.25) is 0 Å². The van der Waals surface area contributed by atoms with Gasteiger partial charge in [-0.25, -0.2) is 0 Å². The Balaban J connectivity index is 0.000000233. The van der Waals surface area contributed by atoms with E-state index in [0.717, 1.165) is 62.0 Å². The average Bonchev–Trinajstić information content (AvgIpc) is 3.82. The van der Waals surface area contributed by atoms with Crippen LogP contribution in [-0.4, -0.2) is 32.8 Å². The van der Waals surface area contributed by atoms with Crippen LogP contribution in [0.1, 0.15) is 75.6 Å².